The number of nitrogens with zero attached hydrogens (tertiary/aromatic N) is 2. The molecule has 1 amide bonds. The van der Waals surface area contributed by atoms with Crippen LogP contribution in [0.4, 0.5) is 13.2 Å². The Morgan fingerprint density at radius 3 is 2.42 bits per heavy atom. The molecule has 1 heterocycles. The van der Waals surface area contributed by atoms with E-state index in [2.05, 4.69) is 5.10 Å². The molecule has 0 spiro atoms. The smallest absolute Gasteiger partial charge is 0.438 e. The summed E-state index contributed by atoms with van der Waals surface area (Å²) in [5, 5.41) is 13.9. The molecule has 1 aromatic carbocycles. The van der Waals surface area contributed by atoms with Gasteiger partial charge in [-0.1, -0.05) is 11.6 Å². The van der Waals surface area contributed by atoms with Gasteiger partial charge in [0.15, 0.2) is 6.61 Å². The Morgan fingerprint density at radius 1 is 1.38 bits per heavy atom. The third-order valence-corrected chi connectivity index (χ3v) is 4.18. The molecule has 24 heavy (non-hydrogen) atoms. The summed E-state index contributed by atoms with van der Waals surface area (Å²) in [5.74, 6) is -0.810. The second-order valence-electron chi connectivity index (χ2n) is 5.69. The molecule has 0 bridgehead atoms. The molecule has 1 aliphatic heterocycles. The van der Waals surface area contributed by atoms with E-state index < -0.39 is 30.8 Å². The quantitative estimate of drug-likeness (QED) is 0.896. The summed E-state index contributed by atoms with van der Waals surface area (Å²) in [6.45, 7) is 4.08. The van der Waals surface area contributed by atoms with Gasteiger partial charge in [0.1, 0.15) is 5.75 Å². The standard InChI is InChI=1S/C15H16ClF3N2O3/c1-8-4-11(5-9(2)13(8)16)24-7-12(22)21-14(23,15(17,18)19)6-10(3)20-21/h4-5,23H,6-7H2,1-3H3/t14-/m1/s1. The zero-order chi connectivity index (χ0) is 18.3. The van der Waals surface area contributed by atoms with Crippen molar-refractivity contribution in [1.29, 1.82) is 0 Å². The van der Waals surface area contributed by atoms with Crippen LogP contribution in [0.1, 0.15) is 24.5 Å². The highest BCUT2D eigenvalue weighted by atomic mass is 35.5. The highest BCUT2D eigenvalue weighted by Gasteiger charge is 2.62. The van der Waals surface area contributed by atoms with Crippen molar-refractivity contribution in [2.45, 2.75) is 39.1 Å². The predicted molar refractivity (Wildman–Crippen MR) is 82.0 cm³/mol. The first-order valence-corrected chi connectivity index (χ1v) is 7.39. The van der Waals surface area contributed by atoms with Crippen LogP contribution >= 0.6 is 11.6 Å². The molecule has 0 unspecified atom stereocenters. The summed E-state index contributed by atoms with van der Waals surface area (Å²) >= 11 is 6.01. The number of benzene rings is 1. The number of hydrazone groups is 1. The van der Waals surface area contributed by atoms with Crippen LogP contribution in [0.5, 0.6) is 5.75 Å². The molecule has 0 aromatic heterocycles. The molecule has 1 atom stereocenters. The molecule has 0 radical (unpaired) electrons. The monoisotopic (exact) mass is 364 g/mol. The number of carbonyl (C=O) groups excluding carboxylic acids is 1. The summed E-state index contributed by atoms with van der Waals surface area (Å²) in [6, 6.07) is 3.13. The summed E-state index contributed by atoms with van der Waals surface area (Å²) in [5.41, 5.74) is -1.92. The Hall–Kier alpha value is -1.80. The maximum absolute atomic E-state index is 13.1. The van der Waals surface area contributed by atoms with Crippen LogP contribution in [-0.4, -0.2) is 40.2 Å². The van der Waals surface area contributed by atoms with Crippen LogP contribution in [-0.2, 0) is 4.79 Å². The summed E-state index contributed by atoms with van der Waals surface area (Å²) in [4.78, 5) is 12.1. The van der Waals surface area contributed by atoms with Crippen molar-refractivity contribution < 1.29 is 27.8 Å². The zero-order valence-electron chi connectivity index (χ0n) is 13.2. The fourth-order valence-corrected chi connectivity index (χ4v) is 2.51. The highest BCUT2D eigenvalue weighted by Crippen LogP contribution is 2.40. The van der Waals surface area contributed by atoms with Gasteiger partial charge in [-0.05, 0) is 44.0 Å². The van der Waals surface area contributed by atoms with E-state index in [0.717, 1.165) is 0 Å². The van der Waals surface area contributed by atoms with Crippen molar-refractivity contribution in [1.82, 2.24) is 5.01 Å². The van der Waals surface area contributed by atoms with E-state index in [9.17, 15) is 23.1 Å². The number of aliphatic hydroxyl groups is 1. The molecule has 1 N–H and O–H groups in total. The molecule has 1 aromatic rings. The van der Waals surface area contributed by atoms with Gasteiger partial charge in [-0.3, -0.25) is 4.79 Å². The maximum Gasteiger partial charge on any atom is 0.438 e. The Balaban J connectivity index is 2.15. The summed E-state index contributed by atoms with van der Waals surface area (Å²) < 4.78 is 44.4. The first-order chi connectivity index (χ1) is 11.0. The largest absolute Gasteiger partial charge is 0.484 e. The lowest BCUT2D eigenvalue weighted by atomic mass is 10.1. The third-order valence-electron chi connectivity index (χ3n) is 3.59. The zero-order valence-corrected chi connectivity index (χ0v) is 14.0. The van der Waals surface area contributed by atoms with Gasteiger partial charge in [-0.2, -0.15) is 23.3 Å². The Morgan fingerprint density at radius 2 is 1.92 bits per heavy atom. The number of aryl methyl sites for hydroxylation is 2. The molecule has 132 valence electrons. The van der Waals surface area contributed by atoms with E-state index in [-0.39, 0.29) is 16.5 Å². The molecular weight excluding hydrogens is 349 g/mol. The topological polar surface area (TPSA) is 62.1 Å². The second-order valence-corrected chi connectivity index (χ2v) is 6.07. The van der Waals surface area contributed by atoms with Crippen LogP contribution in [0.3, 0.4) is 0 Å². The molecular formula is C15H16ClF3N2O3. The minimum absolute atomic E-state index is 0.00126. The van der Waals surface area contributed by atoms with Crippen LogP contribution in [0.25, 0.3) is 0 Å². The molecule has 9 heteroatoms. The van der Waals surface area contributed by atoms with Crippen molar-refractivity contribution >= 4 is 23.2 Å². The van der Waals surface area contributed by atoms with Gasteiger partial charge in [-0.15, -0.1) is 0 Å². The number of rotatable bonds is 3. The number of alkyl halides is 3. The maximum atomic E-state index is 13.1. The van der Waals surface area contributed by atoms with Crippen molar-refractivity contribution in [2.75, 3.05) is 6.61 Å². The first kappa shape index (κ1) is 18.5. The van der Waals surface area contributed by atoms with E-state index >= 15 is 0 Å². The van der Waals surface area contributed by atoms with Gasteiger partial charge < -0.3 is 9.84 Å². The molecule has 0 aliphatic carbocycles. The van der Waals surface area contributed by atoms with Gasteiger partial charge in [0.2, 0.25) is 0 Å². The van der Waals surface area contributed by atoms with Gasteiger partial charge in [-0.25, -0.2) is 0 Å². The Labute approximate surface area is 141 Å². The molecule has 0 saturated carbocycles. The van der Waals surface area contributed by atoms with Crippen molar-refractivity contribution in [3.05, 3.63) is 28.3 Å². The minimum atomic E-state index is -5.03. The van der Waals surface area contributed by atoms with E-state index in [4.69, 9.17) is 16.3 Å². The van der Waals surface area contributed by atoms with Crippen molar-refractivity contribution in [3.63, 3.8) is 0 Å². The lowest BCUT2D eigenvalue weighted by Gasteiger charge is -2.32. The van der Waals surface area contributed by atoms with Crippen LogP contribution in [0, 0.1) is 13.8 Å². The van der Waals surface area contributed by atoms with Gasteiger partial charge in [0, 0.05) is 17.2 Å². The highest BCUT2D eigenvalue weighted by molar-refractivity contribution is 6.32. The van der Waals surface area contributed by atoms with E-state index in [0.29, 0.717) is 16.1 Å². The molecule has 0 fully saturated rings. The third kappa shape index (κ3) is 3.34. The Bertz CT molecular complexity index is 683. The Kier molecular flexibility index (Phi) is 4.83. The molecule has 1 aliphatic rings. The second kappa shape index (κ2) is 6.25. The molecule has 0 saturated heterocycles. The van der Waals surface area contributed by atoms with E-state index in [1.165, 1.54) is 6.92 Å². The fraction of sp³-hybridized carbons (Fsp3) is 0.467. The van der Waals surface area contributed by atoms with Crippen molar-refractivity contribution in [3.8, 4) is 5.75 Å². The molecule has 2 rings (SSSR count). The van der Waals surface area contributed by atoms with Gasteiger partial charge in [0.05, 0.1) is 0 Å². The van der Waals surface area contributed by atoms with Gasteiger partial charge in [0.25, 0.3) is 11.6 Å². The fourth-order valence-electron chi connectivity index (χ4n) is 2.40. The van der Waals surface area contributed by atoms with Crippen LogP contribution in [0.2, 0.25) is 5.02 Å². The normalized spacial score (nSPS) is 21.0. The average Bonchev–Trinajstić information content (AvgIpc) is 2.78. The number of hydrogen-bond acceptors (Lipinski definition) is 4. The SMILES string of the molecule is CC1=NN(C(=O)COc2cc(C)c(Cl)c(C)c2)[C@](O)(C(F)(F)F)C1. The lowest BCUT2D eigenvalue weighted by molar-refractivity contribution is -0.302. The predicted octanol–water partition coefficient (Wildman–Crippen LogP) is 3.19. The number of halogens is 4. The number of hydrogen-bond donors (Lipinski definition) is 1. The van der Waals surface area contributed by atoms with E-state index in [1.54, 1.807) is 26.0 Å². The molecule has 5 nitrogen and oxygen atoms in total. The number of amides is 1. The van der Waals surface area contributed by atoms with Crippen LogP contribution < -0.4 is 4.74 Å². The lowest BCUT2D eigenvalue weighted by Crippen LogP contribution is -2.57. The van der Waals surface area contributed by atoms with Crippen LogP contribution in [0.15, 0.2) is 17.2 Å². The minimum Gasteiger partial charge on any atom is -0.484 e. The number of ether oxygens (including phenoxy) is 1. The summed E-state index contributed by atoms with van der Waals surface area (Å²) in [7, 11) is 0. The average molecular weight is 365 g/mol. The van der Waals surface area contributed by atoms with E-state index in [1.807, 2.05) is 0 Å². The van der Waals surface area contributed by atoms with Gasteiger partial charge >= 0.3 is 6.18 Å². The van der Waals surface area contributed by atoms with Crippen molar-refractivity contribution in [2.24, 2.45) is 5.10 Å². The first-order valence-electron chi connectivity index (χ1n) is 7.01. The number of carbonyl (C=O) groups is 1. The summed E-state index contributed by atoms with van der Waals surface area (Å²) in [6.07, 6.45) is -5.82.